The topological polar surface area (TPSA) is 72.9 Å². The van der Waals surface area contributed by atoms with Crippen molar-refractivity contribution in [3.63, 3.8) is 0 Å². The number of amides is 1. The number of halogens is 2. The molecular formula is C17H25BrClNO5S. The normalized spacial score (nSPS) is 17.3. The first-order chi connectivity index (χ1) is 11.8. The van der Waals surface area contributed by atoms with Gasteiger partial charge in [0.15, 0.2) is 0 Å². The lowest BCUT2D eigenvalue weighted by atomic mass is 9.97. The van der Waals surface area contributed by atoms with E-state index in [1.165, 1.54) is 0 Å². The number of hydrogen-bond acceptors (Lipinski definition) is 5. The standard InChI is InChI=1S/C16H22BrNO3.CH3ClO2S/c1-16(2,3)21-15(19)18-8-7-11(10-18)13-6-5-12(17)9-14(13)20-4;1-5(2,3)4/h5-6,9,11H,7-8,10H2,1-4H3;1H3/t11-;/m1./s1. The average Bonchev–Trinajstić information content (AvgIpc) is 2.93. The van der Waals surface area contributed by atoms with Crippen molar-refractivity contribution in [2.45, 2.75) is 38.7 Å². The second-order valence-corrected chi connectivity index (χ2v) is 10.9. The van der Waals surface area contributed by atoms with Crippen LogP contribution in [0.1, 0.15) is 38.7 Å². The highest BCUT2D eigenvalue weighted by Gasteiger charge is 2.31. The van der Waals surface area contributed by atoms with E-state index in [1.807, 2.05) is 32.9 Å². The zero-order valence-electron chi connectivity index (χ0n) is 15.6. The molecule has 0 spiro atoms. The molecule has 0 radical (unpaired) electrons. The second kappa shape index (κ2) is 9.28. The van der Waals surface area contributed by atoms with E-state index in [-0.39, 0.29) is 6.09 Å². The van der Waals surface area contributed by atoms with Gasteiger partial charge in [-0.15, -0.1) is 0 Å². The summed E-state index contributed by atoms with van der Waals surface area (Å²) >= 11 is 3.45. The number of nitrogens with zero attached hydrogens (tertiary/aromatic N) is 1. The lowest BCUT2D eigenvalue weighted by Gasteiger charge is -2.24. The van der Waals surface area contributed by atoms with Crippen LogP contribution in [0.25, 0.3) is 0 Å². The first kappa shape index (κ1) is 23.0. The van der Waals surface area contributed by atoms with Crippen molar-refractivity contribution in [2.75, 3.05) is 26.5 Å². The number of rotatable bonds is 2. The average molecular weight is 471 g/mol. The van der Waals surface area contributed by atoms with Crippen LogP contribution in [0, 0.1) is 0 Å². The van der Waals surface area contributed by atoms with Crippen molar-refractivity contribution in [2.24, 2.45) is 0 Å². The Morgan fingerprint density at radius 1 is 1.35 bits per heavy atom. The van der Waals surface area contributed by atoms with Gasteiger partial charge in [-0.25, -0.2) is 13.2 Å². The molecule has 1 heterocycles. The summed E-state index contributed by atoms with van der Waals surface area (Å²) in [6.45, 7) is 7.05. The molecule has 1 aliphatic rings. The van der Waals surface area contributed by atoms with Crippen LogP contribution in [0.2, 0.25) is 0 Å². The van der Waals surface area contributed by atoms with Gasteiger partial charge in [-0.1, -0.05) is 22.0 Å². The molecule has 1 amide bonds. The fraction of sp³-hybridized carbons (Fsp3) is 0.588. The SMILES string of the molecule is COc1cc(Br)ccc1[C@@H]1CCN(C(=O)OC(C)(C)C)C1.CS(=O)(=O)Cl. The Labute approximate surface area is 168 Å². The number of ether oxygens (including phenoxy) is 2. The lowest BCUT2D eigenvalue weighted by Crippen LogP contribution is -2.35. The molecule has 0 unspecified atom stereocenters. The first-order valence-corrected chi connectivity index (χ1v) is 11.5. The fourth-order valence-corrected chi connectivity index (χ4v) is 2.87. The van der Waals surface area contributed by atoms with E-state index in [0.29, 0.717) is 12.5 Å². The molecule has 9 heteroatoms. The summed E-state index contributed by atoms with van der Waals surface area (Å²) in [5.74, 6) is 1.15. The van der Waals surface area contributed by atoms with Crippen molar-refractivity contribution in [1.82, 2.24) is 4.90 Å². The minimum Gasteiger partial charge on any atom is -0.496 e. The Hall–Kier alpha value is -0.990. The molecule has 1 saturated heterocycles. The number of methoxy groups -OCH3 is 1. The quantitative estimate of drug-likeness (QED) is 0.600. The number of likely N-dealkylation sites (tertiary alicyclic amines) is 1. The van der Waals surface area contributed by atoms with E-state index < -0.39 is 14.7 Å². The smallest absolute Gasteiger partial charge is 0.410 e. The predicted octanol–water partition coefficient (Wildman–Crippen LogP) is 4.37. The highest BCUT2D eigenvalue weighted by Crippen LogP contribution is 2.35. The molecular weight excluding hydrogens is 446 g/mol. The van der Waals surface area contributed by atoms with Crippen LogP contribution >= 0.6 is 26.6 Å². The Balaban J connectivity index is 0.000000597. The lowest BCUT2D eigenvalue weighted by molar-refractivity contribution is 0.0292. The van der Waals surface area contributed by atoms with Gasteiger partial charge in [-0.2, -0.15) is 0 Å². The maximum atomic E-state index is 12.1. The zero-order chi connectivity index (χ0) is 20.1. The number of benzene rings is 1. The highest BCUT2D eigenvalue weighted by atomic mass is 79.9. The molecule has 1 fully saturated rings. The molecule has 148 valence electrons. The Morgan fingerprint density at radius 2 is 1.92 bits per heavy atom. The van der Waals surface area contributed by atoms with Gasteiger partial charge in [0.2, 0.25) is 9.05 Å². The van der Waals surface area contributed by atoms with Gasteiger partial charge >= 0.3 is 6.09 Å². The molecule has 0 N–H and O–H groups in total. The summed E-state index contributed by atoms with van der Waals surface area (Å²) in [7, 11) is 2.98. The maximum Gasteiger partial charge on any atom is 0.410 e. The number of carbonyl (C=O) groups excluding carboxylic acids is 1. The van der Waals surface area contributed by atoms with Crippen molar-refractivity contribution < 1.29 is 22.7 Å². The summed E-state index contributed by atoms with van der Waals surface area (Å²) in [6.07, 6.45) is 1.62. The van der Waals surface area contributed by atoms with Crippen LogP contribution in [0.3, 0.4) is 0 Å². The third kappa shape index (κ3) is 8.60. The van der Waals surface area contributed by atoms with Crippen LogP contribution in [0.4, 0.5) is 4.79 Å². The summed E-state index contributed by atoms with van der Waals surface area (Å²) in [5.41, 5.74) is 0.691. The van der Waals surface area contributed by atoms with E-state index in [2.05, 4.69) is 32.7 Å². The molecule has 1 aliphatic heterocycles. The first-order valence-electron chi connectivity index (χ1n) is 8.01. The number of carbonyl (C=O) groups is 1. The monoisotopic (exact) mass is 469 g/mol. The summed E-state index contributed by atoms with van der Waals surface area (Å²) in [4.78, 5) is 13.9. The van der Waals surface area contributed by atoms with Gasteiger partial charge in [0.05, 0.1) is 13.4 Å². The van der Waals surface area contributed by atoms with E-state index >= 15 is 0 Å². The summed E-state index contributed by atoms with van der Waals surface area (Å²) in [5, 5.41) is 0. The van der Waals surface area contributed by atoms with Crippen molar-refractivity contribution in [1.29, 1.82) is 0 Å². The molecule has 0 saturated carbocycles. The van der Waals surface area contributed by atoms with Crippen LogP contribution in [-0.4, -0.2) is 51.5 Å². The predicted molar refractivity (Wildman–Crippen MR) is 107 cm³/mol. The van der Waals surface area contributed by atoms with Crippen molar-refractivity contribution >= 4 is 41.8 Å². The van der Waals surface area contributed by atoms with Gasteiger partial charge in [0.25, 0.3) is 0 Å². The molecule has 0 bridgehead atoms. The van der Waals surface area contributed by atoms with E-state index in [9.17, 15) is 13.2 Å². The molecule has 26 heavy (non-hydrogen) atoms. The van der Waals surface area contributed by atoms with E-state index in [4.69, 9.17) is 9.47 Å². The van der Waals surface area contributed by atoms with E-state index in [1.54, 1.807) is 12.0 Å². The van der Waals surface area contributed by atoms with Gasteiger partial charge in [0, 0.05) is 34.2 Å². The van der Waals surface area contributed by atoms with Crippen LogP contribution in [0.15, 0.2) is 22.7 Å². The van der Waals surface area contributed by atoms with E-state index in [0.717, 1.165) is 35.0 Å². The highest BCUT2D eigenvalue weighted by molar-refractivity contribution is 9.10. The van der Waals surface area contributed by atoms with Gasteiger partial charge in [0.1, 0.15) is 11.4 Å². The Morgan fingerprint density at radius 3 is 2.42 bits per heavy atom. The molecule has 0 aromatic heterocycles. The number of hydrogen-bond donors (Lipinski definition) is 0. The van der Waals surface area contributed by atoms with Gasteiger partial charge < -0.3 is 14.4 Å². The third-order valence-electron chi connectivity index (χ3n) is 3.48. The molecule has 2 rings (SSSR count). The molecule has 6 nitrogen and oxygen atoms in total. The van der Waals surface area contributed by atoms with Gasteiger partial charge in [-0.3, -0.25) is 0 Å². The van der Waals surface area contributed by atoms with Crippen LogP contribution in [0.5, 0.6) is 5.75 Å². The largest absolute Gasteiger partial charge is 0.496 e. The van der Waals surface area contributed by atoms with Gasteiger partial charge in [-0.05, 0) is 44.9 Å². The summed E-state index contributed by atoms with van der Waals surface area (Å²) in [6, 6.07) is 6.03. The Bertz CT molecular complexity index is 725. The molecule has 0 aliphatic carbocycles. The minimum absolute atomic E-state index is 0.235. The second-order valence-electron chi connectivity index (χ2n) is 6.98. The molecule has 1 atom stereocenters. The minimum atomic E-state index is -3.19. The maximum absolute atomic E-state index is 12.1. The van der Waals surface area contributed by atoms with Crippen molar-refractivity contribution in [3.05, 3.63) is 28.2 Å². The van der Waals surface area contributed by atoms with Crippen LogP contribution < -0.4 is 4.74 Å². The molecule has 1 aromatic rings. The van der Waals surface area contributed by atoms with Crippen LogP contribution in [-0.2, 0) is 13.8 Å². The zero-order valence-corrected chi connectivity index (χ0v) is 18.7. The fourth-order valence-electron chi connectivity index (χ4n) is 2.53. The Kier molecular flexibility index (Phi) is 8.23. The summed E-state index contributed by atoms with van der Waals surface area (Å²) < 4.78 is 30.7. The third-order valence-corrected chi connectivity index (χ3v) is 3.97. The molecule has 1 aromatic carbocycles. The van der Waals surface area contributed by atoms with Crippen molar-refractivity contribution in [3.8, 4) is 5.75 Å².